The number of benzene rings is 1. The molecule has 0 bridgehead atoms. The average molecular weight is 259 g/mol. The highest BCUT2D eigenvalue weighted by Crippen LogP contribution is 2.17. The van der Waals surface area contributed by atoms with Gasteiger partial charge in [-0.15, -0.1) is 0 Å². The van der Waals surface area contributed by atoms with Gasteiger partial charge in [0.2, 0.25) is 17.4 Å². The van der Waals surface area contributed by atoms with Gasteiger partial charge in [-0.1, -0.05) is 0 Å². The van der Waals surface area contributed by atoms with Crippen LogP contribution in [0.5, 0.6) is 5.75 Å². The molecule has 2 aromatic rings. The Kier molecular flexibility index (Phi) is 4.09. The molecular weight excluding hydrogens is 248 g/mol. The van der Waals surface area contributed by atoms with E-state index >= 15 is 0 Å². The molecule has 0 fully saturated rings. The summed E-state index contributed by atoms with van der Waals surface area (Å²) in [5.41, 5.74) is 1.50. The lowest BCUT2D eigenvalue weighted by Crippen LogP contribution is -3.00. The van der Waals surface area contributed by atoms with Crippen LogP contribution in [0.15, 0.2) is 29.1 Å². The molecule has 0 spiro atoms. The summed E-state index contributed by atoms with van der Waals surface area (Å²) >= 11 is 1.28. The fourth-order valence-corrected chi connectivity index (χ4v) is 2.00. The highest BCUT2D eigenvalue weighted by atomic mass is 35.5. The van der Waals surface area contributed by atoms with Gasteiger partial charge in [0, 0.05) is 5.56 Å². The van der Waals surface area contributed by atoms with Gasteiger partial charge in [-0.3, -0.25) is 0 Å². The molecule has 0 saturated carbocycles. The van der Waals surface area contributed by atoms with Gasteiger partial charge in [0.25, 0.3) is 0 Å². The molecule has 0 aliphatic heterocycles. The zero-order valence-corrected chi connectivity index (χ0v) is 10.4. The molecule has 0 radical (unpaired) electrons. The molecule has 0 saturated heterocycles. The van der Waals surface area contributed by atoms with Crippen LogP contribution in [-0.4, -0.2) is 11.5 Å². The molecule has 0 aliphatic rings. The van der Waals surface area contributed by atoms with Crippen LogP contribution in [0.2, 0.25) is 0 Å². The van der Waals surface area contributed by atoms with E-state index < -0.39 is 0 Å². The number of nitrogens with zero attached hydrogens (tertiary/aromatic N) is 1. The summed E-state index contributed by atoms with van der Waals surface area (Å²) in [6.45, 7) is 0. The first-order valence-corrected chi connectivity index (χ1v) is 5.22. The molecule has 1 aromatic heterocycles. The minimum atomic E-state index is -0.0623. The molecule has 16 heavy (non-hydrogen) atoms. The Morgan fingerprint density at radius 3 is 2.38 bits per heavy atom. The van der Waals surface area contributed by atoms with Crippen molar-refractivity contribution in [3.05, 3.63) is 34.6 Å². The maximum absolute atomic E-state index is 11.5. The number of H-pyrrole nitrogens is 1. The minimum absolute atomic E-state index is 0. The third-order valence-electron chi connectivity index (χ3n) is 2.17. The Morgan fingerprint density at radius 2 is 1.94 bits per heavy atom. The maximum atomic E-state index is 11.5. The number of nitrogens with one attached hydrogen (secondary N) is 1. The van der Waals surface area contributed by atoms with Gasteiger partial charge in [0.05, 0.1) is 14.2 Å². The standard InChI is InChI=1S/C10H10N2O2S.ClH/c1-12-9(10(13)11-15-12)7-3-5-8(14-2)6-4-7;/h3-6H,1-2H3;1H. The van der Waals surface area contributed by atoms with Crippen molar-refractivity contribution in [2.75, 3.05) is 7.11 Å². The van der Waals surface area contributed by atoms with Crippen molar-refractivity contribution in [2.45, 2.75) is 0 Å². The third-order valence-corrected chi connectivity index (χ3v) is 2.90. The van der Waals surface area contributed by atoms with Crippen LogP contribution in [0, 0.1) is 0 Å². The molecule has 1 aromatic carbocycles. The summed E-state index contributed by atoms with van der Waals surface area (Å²) in [5, 5.41) is 0. The first kappa shape index (κ1) is 12.7. The smallest absolute Gasteiger partial charge is 0.390 e. The second-order valence-corrected chi connectivity index (χ2v) is 4.03. The zero-order valence-electron chi connectivity index (χ0n) is 8.86. The molecule has 0 aliphatic carbocycles. The fraction of sp³-hybridized carbons (Fsp3) is 0.200. The van der Waals surface area contributed by atoms with Crippen molar-refractivity contribution in [1.82, 2.24) is 4.37 Å². The monoisotopic (exact) mass is 258 g/mol. The van der Waals surface area contributed by atoms with Crippen LogP contribution in [0.4, 0.5) is 0 Å². The van der Waals surface area contributed by atoms with E-state index in [1.165, 1.54) is 11.7 Å². The normalized spacial score (nSPS) is 9.62. The van der Waals surface area contributed by atoms with Gasteiger partial charge in [-0.2, -0.15) is 8.33 Å². The number of aromatic amines is 1. The topological polar surface area (TPSA) is 46.0 Å². The van der Waals surface area contributed by atoms with Crippen molar-refractivity contribution in [2.24, 2.45) is 7.05 Å². The molecule has 2 rings (SSSR count). The Balaban J connectivity index is 0.00000128. The van der Waals surface area contributed by atoms with Crippen molar-refractivity contribution < 1.29 is 21.1 Å². The van der Waals surface area contributed by atoms with Crippen LogP contribution in [0.1, 0.15) is 0 Å². The van der Waals surface area contributed by atoms with E-state index in [0.717, 1.165) is 11.3 Å². The number of hydrogen-bond acceptors (Lipinski definition) is 3. The quantitative estimate of drug-likeness (QED) is 0.630. The molecular formula is C10H11ClN2O2S. The SMILES string of the molecule is COc1ccc(-c2c(=O)[nH]s[n+]2C)cc1.[Cl-]. The summed E-state index contributed by atoms with van der Waals surface area (Å²) in [6, 6.07) is 7.42. The number of rotatable bonds is 2. The Bertz CT molecular complexity index is 518. The second kappa shape index (κ2) is 5.14. The summed E-state index contributed by atoms with van der Waals surface area (Å²) in [6.07, 6.45) is 0. The number of methoxy groups -OCH3 is 1. The van der Waals surface area contributed by atoms with E-state index in [9.17, 15) is 4.79 Å². The molecule has 1 heterocycles. The fourth-order valence-electron chi connectivity index (χ4n) is 1.41. The first-order valence-electron chi connectivity index (χ1n) is 4.45. The van der Waals surface area contributed by atoms with E-state index in [4.69, 9.17) is 4.74 Å². The molecule has 6 heteroatoms. The van der Waals surface area contributed by atoms with Crippen molar-refractivity contribution in [1.29, 1.82) is 0 Å². The van der Waals surface area contributed by atoms with Gasteiger partial charge in [-0.25, -0.2) is 4.79 Å². The van der Waals surface area contributed by atoms with Crippen molar-refractivity contribution >= 4 is 11.7 Å². The van der Waals surface area contributed by atoms with Crippen molar-refractivity contribution in [3.63, 3.8) is 0 Å². The number of aromatic nitrogens is 2. The summed E-state index contributed by atoms with van der Waals surface area (Å²) in [5.74, 6) is 0.785. The lowest BCUT2D eigenvalue weighted by Gasteiger charge is -1.99. The predicted molar refractivity (Wildman–Crippen MR) is 58.1 cm³/mol. The van der Waals surface area contributed by atoms with Crippen LogP contribution < -0.4 is 26.7 Å². The van der Waals surface area contributed by atoms with Gasteiger partial charge in [-0.05, 0) is 24.3 Å². The minimum Gasteiger partial charge on any atom is -1.00 e. The second-order valence-electron chi connectivity index (χ2n) is 3.10. The maximum Gasteiger partial charge on any atom is 0.390 e. The lowest BCUT2D eigenvalue weighted by molar-refractivity contribution is -0.590. The molecule has 4 nitrogen and oxygen atoms in total. The van der Waals surface area contributed by atoms with Gasteiger partial charge in [0.15, 0.2) is 0 Å². The van der Waals surface area contributed by atoms with Crippen LogP contribution >= 0.6 is 11.7 Å². The molecule has 86 valence electrons. The third kappa shape index (κ3) is 2.25. The van der Waals surface area contributed by atoms with Gasteiger partial charge >= 0.3 is 5.56 Å². The number of aryl methyl sites for hydroxylation is 1. The Hall–Kier alpha value is -1.33. The summed E-state index contributed by atoms with van der Waals surface area (Å²) in [4.78, 5) is 11.5. The lowest BCUT2D eigenvalue weighted by atomic mass is 10.1. The molecule has 0 amide bonds. The van der Waals surface area contributed by atoms with Gasteiger partial charge < -0.3 is 17.1 Å². The molecule has 1 N–H and O–H groups in total. The molecule has 0 unspecified atom stereocenters. The average Bonchev–Trinajstić information content (AvgIpc) is 2.59. The van der Waals surface area contributed by atoms with Crippen LogP contribution in [-0.2, 0) is 7.05 Å². The molecule has 0 atom stereocenters. The van der Waals surface area contributed by atoms with Crippen molar-refractivity contribution in [3.8, 4) is 17.0 Å². The van der Waals surface area contributed by atoms with E-state index in [0.29, 0.717) is 5.69 Å². The van der Waals surface area contributed by atoms with E-state index in [1.54, 1.807) is 7.11 Å². The van der Waals surface area contributed by atoms with E-state index in [2.05, 4.69) is 4.37 Å². The van der Waals surface area contributed by atoms with Crippen LogP contribution in [0.3, 0.4) is 0 Å². The predicted octanol–water partition coefficient (Wildman–Crippen LogP) is -2.06. The highest BCUT2D eigenvalue weighted by molar-refractivity contribution is 6.94. The summed E-state index contributed by atoms with van der Waals surface area (Å²) < 4.78 is 9.55. The van der Waals surface area contributed by atoms with Gasteiger partial charge in [0.1, 0.15) is 5.75 Å². The number of ether oxygens (including phenoxy) is 1. The van der Waals surface area contributed by atoms with Crippen LogP contribution in [0.25, 0.3) is 11.3 Å². The first-order chi connectivity index (χ1) is 7.22. The Morgan fingerprint density at radius 1 is 1.31 bits per heavy atom. The van der Waals surface area contributed by atoms with E-state index in [-0.39, 0.29) is 18.0 Å². The Labute approximate surface area is 103 Å². The van der Waals surface area contributed by atoms with E-state index in [1.807, 2.05) is 35.3 Å². The summed E-state index contributed by atoms with van der Waals surface area (Å²) in [7, 11) is 3.47. The number of hydrogen-bond donors (Lipinski definition) is 1. The zero-order chi connectivity index (χ0) is 10.8. The highest BCUT2D eigenvalue weighted by Gasteiger charge is 2.15. The largest absolute Gasteiger partial charge is 1.00 e. The number of halogens is 1.